The number of fused-ring (bicyclic) bond motifs is 2. The maximum atomic E-state index is 11.2. The topological polar surface area (TPSA) is 70.7 Å². The number of benzene rings is 1. The fourth-order valence-electron chi connectivity index (χ4n) is 1.88. The first-order valence-corrected chi connectivity index (χ1v) is 4.74. The maximum absolute atomic E-state index is 11.2. The fraction of sp³-hybridized carbons (Fsp3) is 0.200. The van der Waals surface area contributed by atoms with Gasteiger partial charge in [0.15, 0.2) is 0 Å². The molecular formula is C10H12Cl2N4O. The van der Waals surface area contributed by atoms with Crippen molar-refractivity contribution in [3.8, 4) is 0 Å². The SMILES string of the molecule is Cl.Cl.Nc1ccc2c(c1)CN1CC(=O)NC1=N2. The smallest absolute Gasteiger partial charge is 0.246 e. The second kappa shape index (κ2) is 4.81. The Labute approximate surface area is 111 Å². The van der Waals surface area contributed by atoms with E-state index in [-0.39, 0.29) is 30.7 Å². The lowest BCUT2D eigenvalue weighted by Gasteiger charge is -2.22. The second-order valence-electron chi connectivity index (χ2n) is 3.73. The van der Waals surface area contributed by atoms with E-state index in [2.05, 4.69) is 10.3 Å². The minimum Gasteiger partial charge on any atom is -0.399 e. The number of nitrogens with one attached hydrogen (secondary N) is 1. The number of hydrogen-bond donors (Lipinski definition) is 2. The first-order chi connectivity index (χ1) is 7.22. The Hall–Kier alpha value is -1.46. The molecule has 0 atom stereocenters. The highest BCUT2D eigenvalue weighted by Crippen LogP contribution is 2.28. The molecule has 1 fully saturated rings. The van der Waals surface area contributed by atoms with E-state index in [0.717, 1.165) is 16.9 Å². The normalized spacial score (nSPS) is 15.9. The summed E-state index contributed by atoms with van der Waals surface area (Å²) < 4.78 is 0. The number of anilines is 1. The van der Waals surface area contributed by atoms with E-state index in [1.165, 1.54) is 0 Å². The number of hydrogen-bond acceptors (Lipinski definition) is 4. The first kappa shape index (κ1) is 13.6. The lowest BCUT2D eigenvalue weighted by molar-refractivity contribution is -0.118. The summed E-state index contributed by atoms with van der Waals surface area (Å²) in [4.78, 5) is 17.4. The summed E-state index contributed by atoms with van der Waals surface area (Å²) in [6.45, 7) is 1.07. The Morgan fingerprint density at radius 2 is 2.06 bits per heavy atom. The molecule has 1 aromatic rings. The lowest BCUT2D eigenvalue weighted by atomic mass is 10.1. The number of carbonyl (C=O) groups is 1. The van der Waals surface area contributed by atoms with E-state index in [4.69, 9.17) is 5.73 Å². The van der Waals surface area contributed by atoms with E-state index >= 15 is 0 Å². The van der Waals surface area contributed by atoms with Crippen LogP contribution in [0.3, 0.4) is 0 Å². The van der Waals surface area contributed by atoms with Gasteiger partial charge in [-0.15, -0.1) is 24.8 Å². The van der Waals surface area contributed by atoms with Gasteiger partial charge in [-0.05, 0) is 23.8 Å². The monoisotopic (exact) mass is 274 g/mol. The zero-order chi connectivity index (χ0) is 10.4. The van der Waals surface area contributed by atoms with Crippen molar-refractivity contribution in [1.29, 1.82) is 0 Å². The van der Waals surface area contributed by atoms with Crippen molar-refractivity contribution in [2.75, 3.05) is 12.3 Å². The number of guanidine groups is 1. The summed E-state index contributed by atoms with van der Waals surface area (Å²) >= 11 is 0. The summed E-state index contributed by atoms with van der Waals surface area (Å²) in [7, 11) is 0. The van der Waals surface area contributed by atoms with Gasteiger partial charge in [0.1, 0.15) is 6.54 Å². The number of nitrogens with two attached hydrogens (primary N) is 1. The molecule has 1 aromatic carbocycles. The Morgan fingerprint density at radius 1 is 1.29 bits per heavy atom. The highest BCUT2D eigenvalue weighted by molar-refractivity contribution is 6.05. The van der Waals surface area contributed by atoms with Crippen molar-refractivity contribution >= 4 is 48.1 Å². The van der Waals surface area contributed by atoms with Gasteiger partial charge in [0.2, 0.25) is 11.9 Å². The van der Waals surface area contributed by atoms with Crippen LogP contribution in [0.15, 0.2) is 23.2 Å². The van der Waals surface area contributed by atoms with Crippen LogP contribution in [0.2, 0.25) is 0 Å². The maximum Gasteiger partial charge on any atom is 0.246 e. The van der Waals surface area contributed by atoms with E-state index in [9.17, 15) is 4.79 Å². The summed E-state index contributed by atoms with van der Waals surface area (Å²) in [5.74, 6) is 0.645. The summed E-state index contributed by atoms with van der Waals surface area (Å²) in [6.07, 6.45) is 0. The minimum atomic E-state index is -0.00507. The number of carbonyl (C=O) groups excluding carboxylic acids is 1. The average molecular weight is 275 g/mol. The standard InChI is InChI=1S/C10H10N4O.2ClH/c11-7-1-2-8-6(3-7)4-14-5-9(15)13-10(14)12-8;;/h1-3H,4-5,11H2,(H,12,13,15);2*1H. The van der Waals surface area contributed by atoms with Crippen LogP contribution >= 0.6 is 24.8 Å². The van der Waals surface area contributed by atoms with Crippen LogP contribution in [0.4, 0.5) is 11.4 Å². The molecule has 5 nitrogen and oxygen atoms in total. The summed E-state index contributed by atoms with van der Waals surface area (Å²) in [5.41, 5.74) is 8.38. The molecule has 1 amide bonds. The molecule has 1 saturated heterocycles. The van der Waals surface area contributed by atoms with Gasteiger partial charge in [0.25, 0.3) is 0 Å². The van der Waals surface area contributed by atoms with Gasteiger partial charge < -0.3 is 10.6 Å². The van der Waals surface area contributed by atoms with Crippen molar-refractivity contribution < 1.29 is 4.79 Å². The molecule has 0 aliphatic carbocycles. The van der Waals surface area contributed by atoms with Crippen LogP contribution in [0.1, 0.15) is 5.56 Å². The third kappa shape index (κ3) is 2.30. The van der Waals surface area contributed by atoms with Crippen LogP contribution in [-0.4, -0.2) is 23.3 Å². The molecule has 0 spiro atoms. The highest BCUT2D eigenvalue weighted by Gasteiger charge is 2.28. The Kier molecular flexibility index (Phi) is 3.85. The predicted octanol–water partition coefficient (Wildman–Crippen LogP) is 1.05. The number of nitrogen functional groups attached to an aromatic ring is 1. The zero-order valence-electron chi connectivity index (χ0n) is 8.84. The Bertz CT molecular complexity index is 489. The van der Waals surface area contributed by atoms with Gasteiger partial charge in [-0.2, -0.15) is 0 Å². The molecule has 17 heavy (non-hydrogen) atoms. The average Bonchev–Trinajstić information content (AvgIpc) is 2.53. The van der Waals surface area contributed by atoms with Gasteiger partial charge in [-0.3, -0.25) is 10.1 Å². The minimum absolute atomic E-state index is 0. The van der Waals surface area contributed by atoms with Crippen molar-refractivity contribution in [2.24, 2.45) is 4.99 Å². The third-order valence-corrected chi connectivity index (χ3v) is 2.58. The van der Waals surface area contributed by atoms with E-state index in [1.54, 1.807) is 0 Å². The third-order valence-electron chi connectivity index (χ3n) is 2.58. The van der Waals surface area contributed by atoms with Crippen LogP contribution in [0, 0.1) is 0 Å². The number of rotatable bonds is 0. The van der Waals surface area contributed by atoms with Crippen molar-refractivity contribution in [3.05, 3.63) is 23.8 Å². The molecule has 7 heteroatoms. The highest BCUT2D eigenvalue weighted by atomic mass is 35.5. The number of halogens is 2. The van der Waals surface area contributed by atoms with E-state index < -0.39 is 0 Å². The van der Waals surface area contributed by atoms with Crippen molar-refractivity contribution in [3.63, 3.8) is 0 Å². The zero-order valence-corrected chi connectivity index (χ0v) is 10.5. The molecule has 92 valence electrons. The second-order valence-corrected chi connectivity index (χ2v) is 3.73. The molecular weight excluding hydrogens is 263 g/mol. The van der Waals surface area contributed by atoms with Crippen LogP contribution in [-0.2, 0) is 11.3 Å². The quantitative estimate of drug-likeness (QED) is 0.695. The Morgan fingerprint density at radius 3 is 2.82 bits per heavy atom. The van der Waals surface area contributed by atoms with Gasteiger partial charge in [0.05, 0.1) is 5.69 Å². The van der Waals surface area contributed by atoms with Gasteiger partial charge >= 0.3 is 0 Å². The van der Waals surface area contributed by atoms with E-state index in [1.807, 2.05) is 23.1 Å². The van der Waals surface area contributed by atoms with Crippen LogP contribution < -0.4 is 11.1 Å². The number of nitrogens with zero attached hydrogens (tertiary/aromatic N) is 2. The number of amides is 1. The molecule has 0 bridgehead atoms. The predicted molar refractivity (Wildman–Crippen MR) is 71.0 cm³/mol. The molecule has 2 heterocycles. The van der Waals surface area contributed by atoms with Crippen molar-refractivity contribution in [2.45, 2.75) is 6.54 Å². The molecule has 0 radical (unpaired) electrons. The molecule has 2 aliphatic rings. The first-order valence-electron chi connectivity index (χ1n) is 4.74. The molecule has 0 unspecified atom stereocenters. The van der Waals surface area contributed by atoms with Crippen LogP contribution in [0.5, 0.6) is 0 Å². The van der Waals surface area contributed by atoms with Gasteiger partial charge in [-0.25, -0.2) is 4.99 Å². The fourth-order valence-corrected chi connectivity index (χ4v) is 1.88. The summed E-state index contributed by atoms with van der Waals surface area (Å²) in [5, 5.41) is 2.72. The number of aliphatic imine (C=N–C) groups is 1. The molecule has 2 aliphatic heterocycles. The van der Waals surface area contributed by atoms with Crippen molar-refractivity contribution in [1.82, 2.24) is 10.2 Å². The van der Waals surface area contributed by atoms with Gasteiger partial charge in [-0.1, -0.05) is 0 Å². The van der Waals surface area contributed by atoms with Gasteiger partial charge in [0, 0.05) is 12.2 Å². The Balaban J connectivity index is 0.000000722. The molecule has 3 N–H and O–H groups in total. The van der Waals surface area contributed by atoms with Crippen LogP contribution in [0.25, 0.3) is 0 Å². The molecule has 0 aromatic heterocycles. The van der Waals surface area contributed by atoms with E-state index in [0.29, 0.717) is 19.0 Å². The summed E-state index contributed by atoms with van der Waals surface area (Å²) in [6, 6.07) is 5.59. The molecule has 3 rings (SSSR count). The molecule has 0 saturated carbocycles. The lowest BCUT2D eigenvalue weighted by Crippen LogP contribution is -2.32. The largest absolute Gasteiger partial charge is 0.399 e.